The first-order chi connectivity index (χ1) is 5.65. The van der Waals surface area contributed by atoms with Crippen LogP contribution >= 0.6 is 11.5 Å². The predicted molar refractivity (Wildman–Crippen MR) is 39.0 cm³/mol. The molecule has 0 saturated carbocycles. The Labute approximate surface area is 71.4 Å². The number of carbonyl (C=O) groups excluding carboxylic acids is 1. The van der Waals surface area contributed by atoms with Gasteiger partial charge in [0.15, 0.2) is 5.82 Å². The van der Waals surface area contributed by atoms with Crippen LogP contribution in [0.3, 0.4) is 0 Å². The van der Waals surface area contributed by atoms with Crippen LogP contribution in [-0.4, -0.2) is 15.3 Å². The minimum Gasteiger partial charge on any atom is -0.322 e. The average molecular weight is 191 g/mol. The number of halogens is 1. The first kappa shape index (κ1) is 9.01. The Morgan fingerprint density at radius 3 is 2.92 bits per heavy atom. The number of rotatable bonds is 2. The van der Waals surface area contributed by atoms with E-state index in [0.717, 1.165) is 11.5 Å². The molecule has 0 amide bonds. The normalized spacial score (nSPS) is 12.6. The molecule has 12 heavy (non-hydrogen) atoms. The standard InChI is InChI=1S/C5H6FN3O2S/c1-2(7)3-8-4(12-9-3)5(10)11-6/h2H,7H2,1H3. The minimum absolute atomic E-state index is 0.134. The zero-order valence-electron chi connectivity index (χ0n) is 6.15. The lowest BCUT2D eigenvalue weighted by atomic mass is 10.3. The van der Waals surface area contributed by atoms with E-state index in [4.69, 9.17) is 5.73 Å². The van der Waals surface area contributed by atoms with Crippen molar-refractivity contribution in [2.45, 2.75) is 13.0 Å². The van der Waals surface area contributed by atoms with Gasteiger partial charge in [0.05, 0.1) is 6.04 Å². The van der Waals surface area contributed by atoms with Crippen molar-refractivity contribution in [3.63, 3.8) is 0 Å². The van der Waals surface area contributed by atoms with Crippen molar-refractivity contribution in [3.05, 3.63) is 10.8 Å². The lowest BCUT2D eigenvalue weighted by Gasteiger charge is -1.94. The van der Waals surface area contributed by atoms with Gasteiger partial charge >= 0.3 is 5.97 Å². The molecular formula is C5H6FN3O2S. The second kappa shape index (κ2) is 3.55. The Bertz CT molecular complexity index is 288. The first-order valence-electron chi connectivity index (χ1n) is 3.07. The van der Waals surface area contributed by atoms with Crippen molar-refractivity contribution in [1.29, 1.82) is 0 Å². The molecule has 1 rings (SSSR count). The number of nitrogens with zero attached hydrogens (tertiary/aromatic N) is 2. The Morgan fingerprint density at radius 1 is 1.83 bits per heavy atom. The highest BCUT2D eigenvalue weighted by Crippen LogP contribution is 2.10. The number of hydrogen-bond acceptors (Lipinski definition) is 6. The fourth-order valence-electron chi connectivity index (χ4n) is 0.536. The number of nitrogens with two attached hydrogens (primary N) is 1. The Morgan fingerprint density at radius 2 is 2.50 bits per heavy atom. The van der Waals surface area contributed by atoms with Gasteiger partial charge in [-0.25, -0.2) is 14.7 Å². The van der Waals surface area contributed by atoms with E-state index in [1.807, 2.05) is 0 Å². The summed E-state index contributed by atoms with van der Waals surface area (Å²) in [5.74, 6) is -0.834. The summed E-state index contributed by atoms with van der Waals surface area (Å²) in [6.07, 6.45) is 0. The third kappa shape index (κ3) is 1.74. The molecule has 0 saturated heterocycles. The van der Waals surface area contributed by atoms with Gasteiger partial charge in [-0.2, -0.15) is 4.37 Å². The summed E-state index contributed by atoms with van der Waals surface area (Å²) in [6.45, 7) is 1.66. The van der Waals surface area contributed by atoms with Crippen molar-refractivity contribution in [2.75, 3.05) is 0 Å². The third-order valence-electron chi connectivity index (χ3n) is 1.09. The van der Waals surface area contributed by atoms with Crippen LogP contribution in [0.1, 0.15) is 28.6 Å². The van der Waals surface area contributed by atoms with Crippen molar-refractivity contribution in [3.8, 4) is 0 Å². The lowest BCUT2D eigenvalue weighted by Crippen LogP contribution is -2.07. The molecule has 0 spiro atoms. The van der Waals surface area contributed by atoms with Gasteiger partial charge in [-0.3, -0.25) is 0 Å². The zero-order valence-corrected chi connectivity index (χ0v) is 6.97. The van der Waals surface area contributed by atoms with Crippen molar-refractivity contribution < 1.29 is 14.3 Å². The highest BCUT2D eigenvalue weighted by molar-refractivity contribution is 7.07. The van der Waals surface area contributed by atoms with Gasteiger partial charge in [-0.05, 0) is 18.5 Å². The molecule has 1 atom stereocenters. The molecule has 0 aromatic carbocycles. The number of carbonyl (C=O) groups is 1. The van der Waals surface area contributed by atoms with Gasteiger partial charge in [-0.1, -0.05) is 0 Å². The van der Waals surface area contributed by atoms with Crippen LogP contribution in [0, 0.1) is 0 Å². The molecule has 2 N–H and O–H groups in total. The summed E-state index contributed by atoms with van der Waals surface area (Å²) in [5, 5.41) is -0.134. The van der Waals surface area contributed by atoms with E-state index in [1.54, 1.807) is 6.92 Å². The quantitative estimate of drug-likeness (QED) is 0.740. The molecule has 1 unspecified atom stereocenters. The van der Waals surface area contributed by atoms with Crippen LogP contribution < -0.4 is 5.73 Å². The summed E-state index contributed by atoms with van der Waals surface area (Å²) in [7, 11) is 0. The third-order valence-corrected chi connectivity index (χ3v) is 1.80. The Hall–Kier alpha value is -1.08. The van der Waals surface area contributed by atoms with Crippen LogP contribution in [0.5, 0.6) is 0 Å². The minimum atomic E-state index is -1.14. The second-order valence-corrected chi connectivity index (χ2v) is 2.86. The summed E-state index contributed by atoms with van der Waals surface area (Å²) >= 11 is 0.755. The van der Waals surface area contributed by atoms with Gasteiger partial charge in [0.2, 0.25) is 5.01 Å². The van der Waals surface area contributed by atoms with Crippen molar-refractivity contribution >= 4 is 17.5 Å². The van der Waals surface area contributed by atoms with E-state index in [9.17, 15) is 9.32 Å². The summed E-state index contributed by atoms with van der Waals surface area (Å²) < 4.78 is 15.1. The van der Waals surface area contributed by atoms with Gasteiger partial charge in [0, 0.05) is 4.53 Å². The topological polar surface area (TPSA) is 78.1 Å². The molecule has 0 bridgehead atoms. The number of hydrogen-bond donors (Lipinski definition) is 1. The van der Waals surface area contributed by atoms with Gasteiger partial charge in [0.1, 0.15) is 0 Å². The van der Waals surface area contributed by atoms with E-state index in [2.05, 4.69) is 14.3 Å². The summed E-state index contributed by atoms with van der Waals surface area (Å²) in [4.78, 5) is 17.1. The van der Waals surface area contributed by atoms with Crippen LogP contribution in [0.25, 0.3) is 0 Å². The maximum Gasteiger partial charge on any atom is 0.409 e. The molecule has 0 aliphatic carbocycles. The largest absolute Gasteiger partial charge is 0.409 e. The van der Waals surface area contributed by atoms with Gasteiger partial charge < -0.3 is 5.73 Å². The summed E-state index contributed by atoms with van der Waals surface area (Å²) in [6, 6.07) is -0.373. The molecule has 66 valence electrons. The molecule has 1 aromatic rings. The molecular weight excluding hydrogens is 185 g/mol. The molecule has 0 radical (unpaired) electrons. The van der Waals surface area contributed by atoms with Gasteiger partial charge in [0.25, 0.3) is 0 Å². The molecule has 1 aromatic heterocycles. The van der Waals surface area contributed by atoms with E-state index >= 15 is 0 Å². The highest BCUT2D eigenvalue weighted by Gasteiger charge is 2.16. The van der Waals surface area contributed by atoms with E-state index in [-0.39, 0.29) is 11.0 Å². The second-order valence-electron chi connectivity index (χ2n) is 2.11. The van der Waals surface area contributed by atoms with Crippen molar-refractivity contribution in [2.24, 2.45) is 5.73 Å². The van der Waals surface area contributed by atoms with E-state index in [1.165, 1.54) is 0 Å². The molecule has 0 aliphatic rings. The smallest absolute Gasteiger partial charge is 0.322 e. The van der Waals surface area contributed by atoms with Crippen molar-refractivity contribution in [1.82, 2.24) is 9.36 Å². The Kier molecular flexibility index (Phi) is 2.66. The first-order valence-corrected chi connectivity index (χ1v) is 3.84. The Balaban J connectivity index is 2.84. The predicted octanol–water partition coefficient (Wildman–Crippen LogP) is 0.599. The molecule has 0 fully saturated rings. The molecule has 5 nitrogen and oxygen atoms in total. The maximum absolute atomic E-state index is 11.3. The fourth-order valence-corrected chi connectivity index (χ4v) is 1.16. The lowest BCUT2D eigenvalue weighted by molar-refractivity contribution is -0.0788. The highest BCUT2D eigenvalue weighted by atomic mass is 32.1. The van der Waals surface area contributed by atoms with E-state index in [0.29, 0.717) is 5.82 Å². The number of aromatic nitrogens is 2. The molecule has 1 heterocycles. The average Bonchev–Trinajstić information content (AvgIpc) is 2.51. The van der Waals surface area contributed by atoms with Crippen LogP contribution in [0.4, 0.5) is 4.53 Å². The summed E-state index contributed by atoms with van der Waals surface area (Å²) in [5.41, 5.74) is 5.40. The molecule has 7 heteroatoms. The van der Waals surface area contributed by atoms with Gasteiger partial charge in [-0.15, -0.1) is 0 Å². The van der Waals surface area contributed by atoms with E-state index < -0.39 is 5.97 Å². The monoisotopic (exact) mass is 191 g/mol. The van der Waals surface area contributed by atoms with Crippen LogP contribution in [0.2, 0.25) is 0 Å². The fraction of sp³-hybridized carbons (Fsp3) is 0.400. The van der Waals surface area contributed by atoms with Crippen LogP contribution in [-0.2, 0) is 4.94 Å². The zero-order chi connectivity index (χ0) is 9.14. The molecule has 0 aliphatic heterocycles. The van der Waals surface area contributed by atoms with Crippen LogP contribution in [0.15, 0.2) is 0 Å². The SMILES string of the molecule is CC(N)c1nsc(C(=O)OF)n1. The maximum atomic E-state index is 11.3.